The Morgan fingerprint density at radius 2 is 1.92 bits per heavy atom. The average Bonchev–Trinajstić information content (AvgIpc) is 2.95. The molecule has 0 spiro atoms. The molecule has 2 heterocycles. The molecule has 0 saturated carbocycles. The molecule has 198 valence electrons. The molecule has 1 aliphatic heterocycles. The van der Waals surface area contributed by atoms with E-state index in [1.165, 1.54) is 0 Å². The zero-order valence-electron chi connectivity index (χ0n) is 22.2. The Morgan fingerprint density at radius 3 is 2.65 bits per heavy atom. The van der Waals surface area contributed by atoms with Gasteiger partial charge in [-0.15, -0.1) is 0 Å². The zero-order valence-corrected chi connectivity index (χ0v) is 22.2. The van der Waals surface area contributed by atoms with Crippen molar-refractivity contribution in [3.8, 4) is 34.1 Å². The maximum atomic E-state index is 10.0. The van der Waals surface area contributed by atoms with Crippen molar-refractivity contribution in [2.75, 3.05) is 52.5 Å². The number of benzene rings is 2. The molecule has 0 bridgehead atoms. The first-order valence-electron chi connectivity index (χ1n) is 12.9. The summed E-state index contributed by atoms with van der Waals surface area (Å²) in [5.74, 6) is 3.00. The molecule has 0 radical (unpaired) electrons. The molecule has 1 atom stereocenters. The summed E-state index contributed by atoms with van der Waals surface area (Å²) in [6.07, 6.45) is 2.23. The highest BCUT2D eigenvalue weighted by molar-refractivity contribution is 5.70. The van der Waals surface area contributed by atoms with Gasteiger partial charge < -0.3 is 29.5 Å². The summed E-state index contributed by atoms with van der Waals surface area (Å²) < 4.78 is 17.1. The highest BCUT2D eigenvalue weighted by Gasteiger charge is 2.22. The lowest BCUT2D eigenvalue weighted by atomic mass is 10.0. The van der Waals surface area contributed by atoms with Crippen LogP contribution >= 0.6 is 0 Å². The van der Waals surface area contributed by atoms with Crippen molar-refractivity contribution in [1.29, 1.82) is 0 Å². The number of aromatic nitrogens is 2. The molecule has 0 aliphatic carbocycles. The molecule has 1 unspecified atom stereocenters. The van der Waals surface area contributed by atoms with Gasteiger partial charge in [-0.25, -0.2) is 9.97 Å². The number of ether oxygens (including phenoxy) is 3. The van der Waals surface area contributed by atoms with Crippen LogP contribution in [-0.4, -0.2) is 74.8 Å². The van der Waals surface area contributed by atoms with E-state index in [0.29, 0.717) is 24.2 Å². The monoisotopic (exact) mass is 506 g/mol. The topological polar surface area (TPSA) is 89.0 Å². The first-order chi connectivity index (χ1) is 18.0. The quantitative estimate of drug-likeness (QED) is 0.404. The third-order valence-electron chi connectivity index (χ3n) is 6.75. The van der Waals surface area contributed by atoms with E-state index < -0.39 is 6.10 Å². The summed E-state index contributed by atoms with van der Waals surface area (Å²) in [4.78, 5) is 12.2. The maximum absolute atomic E-state index is 10.0. The standard InChI is InChI=1S/C29H38N4O4/c1-5-20-9-10-21(16-27(20)35-4)26-17-28(33(3)23-11-13-36-14-12-23)32-29(31-26)22-7-6-8-25(15-22)37-19-24(34)18-30-2/h6-10,15-17,23-24,30,34H,5,11-14,18-19H2,1-4H3. The van der Waals surface area contributed by atoms with Crippen LogP contribution in [0, 0.1) is 0 Å². The summed E-state index contributed by atoms with van der Waals surface area (Å²) in [6, 6.07) is 16.3. The van der Waals surface area contributed by atoms with Gasteiger partial charge in [0.1, 0.15) is 30.0 Å². The third kappa shape index (κ3) is 6.77. The fraction of sp³-hybridized carbons (Fsp3) is 0.448. The van der Waals surface area contributed by atoms with Crippen LogP contribution in [0.5, 0.6) is 11.5 Å². The van der Waals surface area contributed by atoms with Crippen LogP contribution in [-0.2, 0) is 11.2 Å². The predicted molar refractivity (Wildman–Crippen MR) is 147 cm³/mol. The Morgan fingerprint density at radius 1 is 1.11 bits per heavy atom. The van der Waals surface area contributed by atoms with Crippen molar-refractivity contribution in [2.45, 2.75) is 38.3 Å². The Hall–Kier alpha value is -3.20. The van der Waals surface area contributed by atoms with Crippen molar-refractivity contribution in [3.05, 3.63) is 54.1 Å². The molecule has 0 amide bonds. The Labute approximate surface area is 219 Å². The fourth-order valence-electron chi connectivity index (χ4n) is 4.56. The zero-order chi connectivity index (χ0) is 26.2. The van der Waals surface area contributed by atoms with E-state index in [1.807, 2.05) is 36.4 Å². The average molecular weight is 507 g/mol. The van der Waals surface area contributed by atoms with E-state index in [0.717, 1.165) is 66.4 Å². The molecular weight excluding hydrogens is 468 g/mol. The molecular formula is C29H38N4O4. The van der Waals surface area contributed by atoms with Crippen LogP contribution in [0.3, 0.4) is 0 Å². The number of nitrogens with one attached hydrogen (secondary N) is 1. The third-order valence-corrected chi connectivity index (χ3v) is 6.75. The predicted octanol–water partition coefficient (Wildman–Crippen LogP) is 3.96. The van der Waals surface area contributed by atoms with Crippen LogP contribution in [0.1, 0.15) is 25.3 Å². The smallest absolute Gasteiger partial charge is 0.162 e. The lowest BCUT2D eigenvalue weighted by Crippen LogP contribution is -2.37. The maximum Gasteiger partial charge on any atom is 0.162 e. The summed E-state index contributed by atoms with van der Waals surface area (Å²) in [5.41, 5.74) is 3.81. The van der Waals surface area contributed by atoms with Gasteiger partial charge in [0.05, 0.1) is 12.8 Å². The number of rotatable bonds is 11. The number of hydrogen-bond acceptors (Lipinski definition) is 8. The summed E-state index contributed by atoms with van der Waals surface area (Å²) in [7, 11) is 5.59. The van der Waals surface area contributed by atoms with Gasteiger partial charge in [-0.3, -0.25) is 0 Å². The van der Waals surface area contributed by atoms with Crippen LogP contribution in [0.4, 0.5) is 5.82 Å². The van der Waals surface area contributed by atoms with E-state index in [-0.39, 0.29) is 6.61 Å². The molecule has 1 saturated heterocycles. The minimum absolute atomic E-state index is 0.201. The fourth-order valence-corrected chi connectivity index (χ4v) is 4.56. The lowest BCUT2D eigenvalue weighted by Gasteiger charge is -2.32. The van der Waals surface area contributed by atoms with Gasteiger partial charge in [0.25, 0.3) is 0 Å². The number of hydrogen-bond donors (Lipinski definition) is 2. The van der Waals surface area contributed by atoms with E-state index >= 15 is 0 Å². The van der Waals surface area contributed by atoms with Crippen LogP contribution in [0.15, 0.2) is 48.5 Å². The van der Waals surface area contributed by atoms with Gasteiger partial charge in [0.2, 0.25) is 0 Å². The highest BCUT2D eigenvalue weighted by atomic mass is 16.5. The number of nitrogens with zero attached hydrogens (tertiary/aromatic N) is 3. The summed E-state index contributed by atoms with van der Waals surface area (Å²) >= 11 is 0. The molecule has 1 aromatic heterocycles. The molecule has 8 nitrogen and oxygen atoms in total. The second kappa shape index (κ2) is 12.9. The number of aryl methyl sites for hydroxylation is 1. The SMILES string of the molecule is CCc1ccc(-c2cc(N(C)C3CCOCC3)nc(-c3cccc(OCC(O)CNC)c3)n2)cc1OC. The number of anilines is 1. The minimum atomic E-state index is -0.589. The van der Waals surface area contributed by atoms with Crippen molar-refractivity contribution in [1.82, 2.24) is 15.3 Å². The lowest BCUT2D eigenvalue weighted by molar-refractivity contribution is 0.0853. The van der Waals surface area contributed by atoms with E-state index in [1.54, 1.807) is 14.2 Å². The minimum Gasteiger partial charge on any atom is -0.496 e. The second-order valence-electron chi connectivity index (χ2n) is 9.32. The van der Waals surface area contributed by atoms with Gasteiger partial charge in [-0.2, -0.15) is 0 Å². The van der Waals surface area contributed by atoms with Crippen molar-refractivity contribution >= 4 is 5.82 Å². The molecule has 1 aliphatic rings. The van der Waals surface area contributed by atoms with Crippen LogP contribution in [0.2, 0.25) is 0 Å². The molecule has 4 rings (SSSR count). The van der Waals surface area contributed by atoms with E-state index in [2.05, 4.69) is 36.3 Å². The molecule has 1 fully saturated rings. The number of methoxy groups -OCH3 is 1. The van der Waals surface area contributed by atoms with Gasteiger partial charge in [-0.1, -0.05) is 31.2 Å². The van der Waals surface area contributed by atoms with Crippen LogP contribution < -0.4 is 19.7 Å². The Balaban J connectivity index is 1.72. The summed E-state index contributed by atoms with van der Waals surface area (Å²) in [5, 5.41) is 13.0. The first-order valence-corrected chi connectivity index (χ1v) is 12.9. The van der Waals surface area contributed by atoms with E-state index in [4.69, 9.17) is 24.2 Å². The molecule has 2 N–H and O–H groups in total. The van der Waals surface area contributed by atoms with Crippen molar-refractivity contribution < 1.29 is 19.3 Å². The summed E-state index contributed by atoms with van der Waals surface area (Å²) in [6.45, 7) is 4.30. The van der Waals surface area contributed by atoms with Crippen LogP contribution in [0.25, 0.3) is 22.6 Å². The van der Waals surface area contributed by atoms with Gasteiger partial charge in [-0.05, 0) is 50.1 Å². The molecule has 37 heavy (non-hydrogen) atoms. The van der Waals surface area contributed by atoms with E-state index in [9.17, 15) is 5.11 Å². The molecule has 2 aromatic carbocycles. The molecule has 8 heteroatoms. The number of likely N-dealkylation sites (N-methyl/N-ethyl adjacent to an activating group) is 1. The second-order valence-corrected chi connectivity index (χ2v) is 9.32. The largest absolute Gasteiger partial charge is 0.496 e. The molecule has 3 aromatic rings. The first kappa shape index (κ1) is 26.9. The highest BCUT2D eigenvalue weighted by Crippen LogP contribution is 2.32. The number of aliphatic hydroxyl groups is 1. The Kier molecular flexibility index (Phi) is 9.33. The van der Waals surface area contributed by atoms with Gasteiger partial charge in [0.15, 0.2) is 5.82 Å². The van der Waals surface area contributed by atoms with Crippen molar-refractivity contribution in [3.63, 3.8) is 0 Å². The Bertz CT molecular complexity index is 1170. The number of aliphatic hydroxyl groups excluding tert-OH is 1. The van der Waals surface area contributed by atoms with Gasteiger partial charge >= 0.3 is 0 Å². The van der Waals surface area contributed by atoms with Crippen molar-refractivity contribution in [2.24, 2.45) is 0 Å². The van der Waals surface area contributed by atoms with Gasteiger partial charge in [0, 0.05) is 50.0 Å². The normalized spacial score (nSPS) is 14.8.